The zero-order valence-electron chi connectivity index (χ0n) is 15.7. The molecule has 7 nitrogen and oxygen atoms in total. The molecule has 0 spiro atoms. The van der Waals surface area contributed by atoms with Gasteiger partial charge in [0.1, 0.15) is 11.3 Å². The second kappa shape index (κ2) is 8.74. The molecule has 2 aromatic carbocycles. The number of aromatic nitrogens is 1. The Labute approximate surface area is 172 Å². The number of carbonyl (C=O) groups excluding carboxylic acids is 2. The molecular formula is C23H17N3O4. The van der Waals surface area contributed by atoms with Crippen molar-refractivity contribution >= 4 is 23.2 Å². The largest absolute Gasteiger partial charge is 0.459 e. The topological polar surface area (TPSA) is 93.5 Å². The number of benzene rings is 2. The summed E-state index contributed by atoms with van der Waals surface area (Å²) in [5.41, 5.74) is 1.44. The summed E-state index contributed by atoms with van der Waals surface area (Å²) in [7, 11) is 0. The molecule has 148 valence electrons. The molecule has 0 radical (unpaired) electrons. The van der Waals surface area contributed by atoms with E-state index in [0.717, 1.165) is 0 Å². The molecule has 0 aliphatic carbocycles. The molecular weight excluding hydrogens is 382 g/mol. The van der Waals surface area contributed by atoms with Crippen LogP contribution >= 0.6 is 0 Å². The van der Waals surface area contributed by atoms with Crippen LogP contribution in [0.5, 0.6) is 11.6 Å². The number of pyridine rings is 1. The number of carbonyl (C=O) groups is 2. The van der Waals surface area contributed by atoms with Gasteiger partial charge in [0, 0.05) is 17.6 Å². The monoisotopic (exact) mass is 399 g/mol. The van der Waals surface area contributed by atoms with Crippen LogP contribution in [0.15, 0.2) is 95.7 Å². The third kappa shape index (κ3) is 4.53. The average molecular weight is 399 g/mol. The van der Waals surface area contributed by atoms with Gasteiger partial charge in [-0.3, -0.25) is 9.59 Å². The quantitative estimate of drug-likeness (QED) is 0.477. The zero-order valence-corrected chi connectivity index (χ0v) is 15.7. The van der Waals surface area contributed by atoms with Crippen LogP contribution < -0.4 is 15.4 Å². The second-order valence-electron chi connectivity index (χ2n) is 6.23. The summed E-state index contributed by atoms with van der Waals surface area (Å²) < 4.78 is 10.8. The minimum Gasteiger partial charge on any atom is -0.459 e. The number of nitrogens with one attached hydrogen (secondary N) is 2. The Morgan fingerprint density at radius 3 is 2.13 bits per heavy atom. The number of hydrogen-bond donors (Lipinski definition) is 2. The average Bonchev–Trinajstić information content (AvgIpc) is 3.31. The summed E-state index contributed by atoms with van der Waals surface area (Å²) in [6.07, 6.45) is 2.99. The summed E-state index contributed by atoms with van der Waals surface area (Å²) >= 11 is 0. The van der Waals surface area contributed by atoms with Gasteiger partial charge in [0.25, 0.3) is 11.8 Å². The minimum atomic E-state index is -0.360. The zero-order chi connectivity index (χ0) is 20.8. The van der Waals surface area contributed by atoms with Crippen LogP contribution in [0, 0.1) is 0 Å². The Hall–Kier alpha value is -4.39. The molecule has 0 saturated carbocycles. The molecule has 0 fully saturated rings. The lowest BCUT2D eigenvalue weighted by molar-refractivity contribution is 0.0994. The second-order valence-corrected chi connectivity index (χ2v) is 6.23. The van der Waals surface area contributed by atoms with Crippen molar-refractivity contribution in [3.05, 3.63) is 103 Å². The van der Waals surface area contributed by atoms with Crippen LogP contribution in [0.4, 0.5) is 11.4 Å². The number of amides is 2. The normalized spacial score (nSPS) is 10.3. The van der Waals surface area contributed by atoms with Crippen LogP contribution in [-0.2, 0) is 0 Å². The molecule has 0 bridgehead atoms. The first kappa shape index (κ1) is 18.9. The smallest absolute Gasteiger partial charge is 0.291 e. The van der Waals surface area contributed by atoms with Crippen molar-refractivity contribution < 1.29 is 18.7 Å². The predicted molar refractivity (Wildman–Crippen MR) is 112 cm³/mol. The molecule has 0 saturated heterocycles. The number of nitrogens with zero attached hydrogens (tertiary/aromatic N) is 1. The highest BCUT2D eigenvalue weighted by Gasteiger charge is 2.15. The van der Waals surface area contributed by atoms with E-state index in [1.807, 2.05) is 18.2 Å². The molecule has 0 atom stereocenters. The summed E-state index contributed by atoms with van der Waals surface area (Å²) in [6, 6.07) is 22.4. The fourth-order valence-corrected chi connectivity index (χ4v) is 2.68. The van der Waals surface area contributed by atoms with E-state index in [1.54, 1.807) is 66.9 Å². The maximum atomic E-state index is 12.7. The summed E-state index contributed by atoms with van der Waals surface area (Å²) in [6.45, 7) is 0. The van der Waals surface area contributed by atoms with Gasteiger partial charge in [0.2, 0.25) is 5.88 Å². The maximum Gasteiger partial charge on any atom is 0.291 e. The van der Waals surface area contributed by atoms with Crippen molar-refractivity contribution in [2.45, 2.75) is 0 Å². The van der Waals surface area contributed by atoms with E-state index in [-0.39, 0.29) is 23.5 Å². The highest BCUT2D eigenvalue weighted by molar-refractivity contribution is 6.06. The summed E-state index contributed by atoms with van der Waals surface area (Å²) in [4.78, 5) is 28.9. The lowest BCUT2D eigenvalue weighted by atomic mass is 10.2. The van der Waals surface area contributed by atoms with Gasteiger partial charge in [-0.05, 0) is 60.7 Å². The van der Waals surface area contributed by atoms with Gasteiger partial charge in [0.15, 0.2) is 5.76 Å². The van der Waals surface area contributed by atoms with Crippen LogP contribution in [-0.4, -0.2) is 16.8 Å². The third-order valence-electron chi connectivity index (χ3n) is 4.12. The Kier molecular flexibility index (Phi) is 5.52. The molecule has 2 heterocycles. The van der Waals surface area contributed by atoms with Gasteiger partial charge in [-0.1, -0.05) is 18.2 Å². The molecule has 2 N–H and O–H groups in total. The van der Waals surface area contributed by atoms with Gasteiger partial charge in [0.05, 0.1) is 6.26 Å². The molecule has 7 heteroatoms. The number of anilines is 2. The van der Waals surface area contributed by atoms with Crippen LogP contribution in [0.1, 0.15) is 20.9 Å². The van der Waals surface area contributed by atoms with Gasteiger partial charge in [-0.15, -0.1) is 0 Å². The lowest BCUT2D eigenvalue weighted by Gasteiger charge is -2.11. The van der Waals surface area contributed by atoms with Crippen molar-refractivity contribution in [2.24, 2.45) is 0 Å². The number of furan rings is 1. The molecule has 30 heavy (non-hydrogen) atoms. The standard InChI is InChI=1S/C23H17N3O4/c27-21(19-8-4-14-24-23(19)30-18-6-2-1-3-7-18)25-16-10-12-17(13-11-16)26-22(28)20-9-5-15-29-20/h1-15H,(H,25,27)(H,26,28). The van der Waals surface area contributed by atoms with Crippen LogP contribution in [0.3, 0.4) is 0 Å². The van der Waals surface area contributed by atoms with Gasteiger partial charge in [-0.25, -0.2) is 4.98 Å². The SMILES string of the molecule is O=C(Nc1ccc(NC(=O)c2cccnc2Oc2ccccc2)cc1)c1ccco1. The Bertz CT molecular complexity index is 1140. The number of ether oxygens (including phenoxy) is 1. The van der Waals surface area contributed by atoms with Gasteiger partial charge in [-0.2, -0.15) is 0 Å². The molecule has 0 aliphatic heterocycles. The van der Waals surface area contributed by atoms with Gasteiger partial charge >= 0.3 is 0 Å². The third-order valence-corrected chi connectivity index (χ3v) is 4.12. The molecule has 4 aromatic rings. The maximum absolute atomic E-state index is 12.7. The van der Waals surface area contributed by atoms with Crippen molar-refractivity contribution in [1.82, 2.24) is 4.98 Å². The fraction of sp³-hybridized carbons (Fsp3) is 0. The molecule has 0 aliphatic rings. The molecule has 4 rings (SSSR count). The molecule has 2 amide bonds. The van der Waals surface area contributed by atoms with E-state index >= 15 is 0 Å². The molecule has 2 aromatic heterocycles. The van der Waals surface area contributed by atoms with Crippen molar-refractivity contribution in [3.8, 4) is 11.6 Å². The van der Waals surface area contributed by atoms with E-state index in [1.165, 1.54) is 6.26 Å². The highest BCUT2D eigenvalue weighted by atomic mass is 16.5. The fourth-order valence-electron chi connectivity index (χ4n) is 2.68. The summed E-state index contributed by atoms with van der Waals surface area (Å²) in [5.74, 6) is 0.302. The van der Waals surface area contributed by atoms with Crippen molar-refractivity contribution in [2.75, 3.05) is 10.6 Å². The Balaban J connectivity index is 1.43. The van der Waals surface area contributed by atoms with Crippen molar-refractivity contribution in [1.29, 1.82) is 0 Å². The van der Waals surface area contributed by atoms with E-state index in [9.17, 15) is 9.59 Å². The first-order valence-corrected chi connectivity index (χ1v) is 9.13. The molecule has 0 unspecified atom stereocenters. The predicted octanol–water partition coefficient (Wildman–Crippen LogP) is 4.97. The number of para-hydroxylation sites is 1. The van der Waals surface area contributed by atoms with E-state index in [2.05, 4.69) is 15.6 Å². The number of rotatable bonds is 6. The van der Waals surface area contributed by atoms with E-state index in [0.29, 0.717) is 22.7 Å². The Morgan fingerprint density at radius 1 is 0.767 bits per heavy atom. The van der Waals surface area contributed by atoms with Crippen molar-refractivity contribution in [3.63, 3.8) is 0 Å². The van der Waals surface area contributed by atoms with E-state index in [4.69, 9.17) is 9.15 Å². The van der Waals surface area contributed by atoms with Crippen LogP contribution in [0.2, 0.25) is 0 Å². The lowest BCUT2D eigenvalue weighted by Crippen LogP contribution is -2.14. The van der Waals surface area contributed by atoms with Gasteiger partial charge < -0.3 is 19.8 Å². The van der Waals surface area contributed by atoms with Crippen LogP contribution in [0.25, 0.3) is 0 Å². The highest BCUT2D eigenvalue weighted by Crippen LogP contribution is 2.24. The summed E-state index contributed by atoms with van der Waals surface area (Å²) in [5, 5.41) is 5.52. The minimum absolute atomic E-state index is 0.212. The first-order valence-electron chi connectivity index (χ1n) is 9.13. The first-order chi connectivity index (χ1) is 14.7. The number of hydrogen-bond acceptors (Lipinski definition) is 5. The Morgan fingerprint density at radius 2 is 1.47 bits per heavy atom. The van der Waals surface area contributed by atoms with E-state index < -0.39 is 0 Å².